The molecule has 1 atom stereocenters. The van der Waals surface area contributed by atoms with E-state index < -0.39 is 0 Å². The lowest BCUT2D eigenvalue weighted by atomic mass is 9.77. The Morgan fingerprint density at radius 1 is 1.25 bits per heavy atom. The number of rotatable bonds is 6. The van der Waals surface area contributed by atoms with Crippen LogP contribution in [0.15, 0.2) is 30.3 Å². The highest BCUT2D eigenvalue weighted by molar-refractivity contribution is 5.82. The minimum Gasteiger partial charge on any atom is -0.337 e. The van der Waals surface area contributed by atoms with Crippen LogP contribution in [0.4, 0.5) is 0 Å². The summed E-state index contributed by atoms with van der Waals surface area (Å²) in [5, 5.41) is 6.98. The lowest BCUT2D eigenvalue weighted by molar-refractivity contribution is -0.134. The summed E-state index contributed by atoms with van der Waals surface area (Å²) in [5.41, 5.74) is 1.56. The predicted molar refractivity (Wildman–Crippen MR) is 97.7 cm³/mol. The van der Waals surface area contributed by atoms with Crippen molar-refractivity contribution in [1.82, 2.24) is 15.5 Å². The summed E-state index contributed by atoms with van der Waals surface area (Å²) in [6.07, 6.45) is 5.58. The van der Waals surface area contributed by atoms with Gasteiger partial charge in [0, 0.05) is 19.6 Å². The van der Waals surface area contributed by atoms with E-state index >= 15 is 0 Å². The van der Waals surface area contributed by atoms with E-state index in [4.69, 9.17) is 0 Å². The molecule has 1 spiro atoms. The average Bonchev–Trinajstić information content (AvgIpc) is 3.03. The fourth-order valence-corrected chi connectivity index (χ4v) is 4.07. The summed E-state index contributed by atoms with van der Waals surface area (Å²) < 4.78 is 0. The molecule has 3 rings (SSSR count). The first-order valence-electron chi connectivity index (χ1n) is 9.49. The normalized spacial score (nSPS) is 22.6. The summed E-state index contributed by atoms with van der Waals surface area (Å²) in [5.74, 6) is 0.294. The molecule has 1 aromatic rings. The summed E-state index contributed by atoms with van der Waals surface area (Å²) in [4.78, 5) is 15.2. The number of amides is 1. The van der Waals surface area contributed by atoms with Crippen LogP contribution in [0.3, 0.4) is 0 Å². The van der Waals surface area contributed by atoms with Crippen LogP contribution in [0.2, 0.25) is 0 Å². The number of benzene rings is 1. The van der Waals surface area contributed by atoms with Crippen molar-refractivity contribution in [3.05, 3.63) is 35.9 Å². The first-order chi connectivity index (χ1) is 11.7. The molecule has 1 amide bonds. The topological polar surface area (TPSA) is 44.4 Å². The molecule has 0 bridgehead atoms. The maximum absolute atomic E-state index is 13.1. The molecule has 2 saturated heterocycles. The summed E-state index contributed by atoms with van der Waals surface area (Å²) in [7, 11) is 0. The molecule has 2 aliphatic heterocycles. The highest BCUT2D eigenvalue weighted by Crippen LogP contribution is 2.37. The molecule has 2 fully saturated rings. The highest BCUT2D eigenvalue weighted by atomic mass is 16.2. The Morgan fingerprint density at radius 3 is 2.71 bits per heavy atom. The number of nitrogens with zero attached hydrogens (tertiary/aromatic N) is 1. The second-order valence-corrected chi connectivity index (χ2v) is 7.49. The van der Waals surface area contributed by atoms with E-state index in [-0.39, 0.29) is 6.04 Å². The molecule has 24 heavy (non-hydrogen) atoms. The van der Waals surface area contributed by atoms with Gasteiger partial charge < -0.3 is 15.5 Å². The van der Waals surface area contributed by atoms with Crippen LogP contribution >= 0.6 is 0 Å². The van der Waals surface area contributed by atoms with Crippen molar-refractivity contribution in [2.75, 3.05) is 26.2 Å². The van der Waals surface area contributed by atoms with Crippen molar-refractivity contribution in [2.45, 2.75) is 51.6 Å². The van der Waals surface area contributed by atoms with Gasteiger partial charge in [0.1, 0.15) is 0 Å². The quantitative estimate of drug-likeness (QED) is 0.843. The Hall–Kier alpha value is -1.39. The monoisotopic (exact) mass is 329 g/mol. The zero-order valence-electron chi connectivity index (χ0n) is 14.9. The zero-order valence-corrected chi connectivity index (χ0v) is 14.9. The van der Waals surface area contributed by atoms with Crippen LogP contribution in [0.1, 0.15) is 44.6 Å². The molecule has 4 nitrogen and oxygen atoms in total. The second kappa shape index (κ2) is 8.13. The van der Waals surface area contributed by atoms with Crippen molar-refractivity contribution in [1.29, 1.82) is 0 Å². The fourth-order valence-electron chi connectivity index (χ4n) is 4.07. The van der Waals surface area contributed by atoms with Crippen molar-refractivity contribution < 1.29 is 4.79 Å². The highest BCUT2D eigenvalue weighted by Gasteiger charge is 2.43. The van der Waals surface area contributed by atoms with Crippen LogP contribution in [0.25, 0.3) is 0 Å². The van der Waals surface area contributed by atoms with Gasteiger partial charge in [-0.05, 0) is 49.8 Å². The van der Waals surface area contributed by atoms with Gasteiger partial charge >= 0.3 is 0 Å². The van der Waals surface area contributed by atoms with Gasteiger partial charge in [-0.3, -0.25) is 4.79 Å². The van der Waals surface area contributed by atoms with E-state index in [9.17, 15) is 4.79 Å². The van der Waals surface area contributed by atoms with Gasteiger partial charge in [-0.1, -0.05) is 43.7 Å². The number of carbonyl (C=O) groups is 1. The Morgan fingerprint density at radius 2 is 2.00 bits per heavy atom. The molecule has 2 N–H and O–H groups in total. The van der Waals surface area contributed by atoms with Gasteiger partial charge in [-0.2, -0.15) is 0 Å². The van der Waals surface area contributed by atoms with Crippen LogP contribution in [0, 0.1) is 5.41 Å². The molecule has 2 aliphatic rings. The van der Waals surface area contributed by atoms with Crippen LogP contribution in [-0.2, 0) is 11.3 Å². The summed E-state index contributed by atoms with van der Waals surface area (Å²) in [6, 6.07) is 10.4. The standard InChI is InChI=1S/C20H31N3O/c1-2-3-13-23(15-17-7-5-4-6-8-17)19(24)18-14-20(16-22-18)9-11-21-12-10-20/h4-8,18,21-22H,2-3,9-16H2,1H3/t18-/m0/s1. The molecule has 1 aromatic carbocycles. The van der Waals surface area contributed by atoms with Crippen molar-refractivity contribution in [2.24, 2.45) is 5.41 Å². The molecular weight excluding hydrogens is 298 g/mol. The maximum atomic E-state index is 13.1. The third-order valence-electron chi connectivity index (χ3n) is 5.63. The number of hydrogen-bond acceptors (Lipinski definition) is 3. The molecule has 2 heterocycles. The van der Waals surface area contributed by atoms with Crippen molar-refractivity contribution in [3.63, 3.8) is 0 Å². The van der Waals surface area contributed by atoms with Crippen LogP contribution in [0.5, 0.6) is 0 Å². The Kier molecular flexibility index (Phi) is 5.90. The largest absolute Gasteiger partial charge is 0.337 e. The van der Waals surface area contributed by atoms with Gasteiger partial charge in [-0.15, -0.1) is 0 Å². The third kappa shape index (κ3) is 4.17. The Bertz CT molecular complexity index is 525. The van der Waals surface area contributed by atoms with Gasteiger partial charge in [0.05, 0.1) is 6.04 Å². The van der Waals surface area contributed by atoms with Crippen LogP contribution < -0.4 is 10.6 Å². The lowest BCUT2D eigenvalue weighted by Crippen LogP contribution is -2.43. The van der Waals surface area contributed by atoms with Crippen LogP contribution in [-0.4, -0.2) is 43.0 Å². The summed E-state index contributed by atoms with van der Waals surface area (Å²) in [6.45, 7) is 6.95. The van der Waals surface area contributed by atoms with E-state index in [0.29, 0.717) is 11.3 Å². The van der Waals surface area contributed by atoms with E-state index in [2.05, 4.69) is 46.7 Å². The van der Waals surface area contributed by atoms with Crippen molar-refractivity contribution >= 4 is 5.91 Å². The third-order valence-corrected chi connectivity index (χ3v) is 5.63. The molecule has 0 aliphatic carbocycles. The SMILES string of the molecule is CCCCN(Cc1ccccc1)C(=O)[C@@H]1CC2(CCNCC2)CN1. The van der Waals surface area contributed by atoms with Gasteiger partial charge in [0.25, 0.3) is 0 Å². The first-order valence-corrected chi connectivity index (χ1v) is 9.49. The van der Waals surface area contributed by atoms with E-state index in [1.165, 1.54) is 18.4 Å². The number of nitrogens with one attached hydrogen (secondary N) is 2. The van der Waals surface area contributed by atoms with E-state index in [1.54, 1.807) is 0 Å². The van der Waals surface area contributed by atoms with E-state index in [1.807, 2.05) is 6.07 Å². The number of piperidine rings is 1. The van der Waals surface area contributed by atoms with Gasteiger partial charge in [-0.25, -0.2) is 0 Å². The molecule has 0 radical (unpaired) electrons. The smallest absolute Gasteiger partial charge is 0.240 e. The van der Waals surface area contributed by atoms with Gasteiger partial charge in [0.2, 0.25) is 5.91 Å². The maximum Gasteiger partial charge on any atom is 0.240 e. The van der Waals surface area contributed by atoms with E-state index in [0.717, 1.165) is 52.0 Å². The molecule has 0 aromatic heterocycles. The molecule has 4 heteroatoms. The zero-order chi connectivity index (χ0) is 16.8. The van der Waals surface area contributed by atoms with Crippen molar-refractivity contribution in [3.8, 4) is 0 Å². The summed E-state index contributed by atoms with van der Waals surface area (Å²) >= 11 is 0. The molecular formula is C20H31N3O. The minimum absolute atomic E-state index is 0.00340. The fraction of sp³-hybridized carbons (Fsp3) is 0.650. The average molecular weight is 329 g/mol. The Balaban J connectivity index is 1.64. The predicted octanol–water partition coefficient (Wildman–Crippen LogP) is 2.55. The first kappa shape index (κ1) is 17.4. The molecule has 132 valence electrons. The van der Waals surface area contributed by atoms with Gasteiger partial charge in [0.15, 0.2) is 0 Å². The Labute approximate surface area is 146 Å². The lowest BCUT2D eigenvalue weighted by Gasteiger charge is -2.33. The second-order valence-electron chi connectivity index (χ2n) is 7.49. The number of unbranched alkanes of at least 4 members (excludes halogenated alkanes) is 1. The number of carbonyl (C=O) groups excluding carboxylic acids is 1. The molecule has 0 saturated carbocycles. The molecule has 0 unspecified atom stereocenters. The number of hydrogen-bond donors (Lipinski definition) is 2. The minimum atomic E-state index is 0.00340.